The molecule has 0 aliphatic carbocycles. The number of anilines is 1. The highest BCUT2D eigenvalue weighted by Gasteiger charge is 2.23. The molecule has 0 atom stereocenters. The van der Waals surface area contributed by atoms with Gasteiger partial charge in [-0.3, -0.25) is 9.40 Å². The first-order valence-electron chi connectivity index (χ1n) is 6.02. The molecule has 0 saturated carbocycles. The van der Waals surface area contributed by atoms with E-state index in [9.17, 15) is 8.42 Å². The molecule has 1 aromatic carbocycles. The van der Waals surface area contributed by atoms with Crippen LogP contribution in [0.5, 0.6) is 0 Å². The molecule has 0 unspecified atom stereocenters. The van der Waals surface area contributed by atoms with Crippen LogP contribution < -0.4 is 4.72 Å². The molecule has 0 spiro atoms. The van der Waals surface area contributed by atoms with Crippen molar-refractivity contribution >= 4 is 27.5 Å². The van der Waals surface area contributed by atoms with Gasteiger partial charge in [0.15, 0.2) is 0 Å². The lowest BCUT2D eigenvalue weighted by atomic mass is 10.3. The highest BCUT2D eigenvalue weighted by Crippen LogP contribution is 2.23. The molecule has 5 nitrogen and oxygen atoms in total. The normalized spacial score (nSPS) is 11.6. The largest absolute Gasteiger partial charge is 0.280 e. The van der Waals surface area contributed by atoms with E-state index in [2.05, 4.69) is 9.82 Å². The molecule has 20 heavy (non-hydrogen) atoms. The van der Waals surface area contributed by atoms with Crippen molar-refractivity contribution in [2.24, 2.45) is 7.05 Å². The Hall–Kier alpha value is -1.47. The van der Waals surface area contributed by atoms with E-state index in [1.54, 1.807) is 49.5 Å². The lowest BCUT2D eigenvalue weighted by Crippen LogP contribution is -2.14. The summed E-state index contributed by atoms with van der Waals surface area (Å²) in [5.41, 5.74) is 1.67. The van der Waals surface area contributed by atoms with Crippen molar-refractivity contribution in [1.29, 1.82) is 0 Å². The molecule has 1 N–H and O–H groups in total. The fourth-order valence-corrected chi connectivity index (χ4v) is 3.92. The van der Waals surface area contributed by atoms with Crippen molar-refractivity contribution in [3.05, 3.63) is 35.7 Å². The minimum atomic E-state index is -3.61. The Kier molecular flexibility index (Phi) is 4.10. The van der Waals surface area contributed by atoms with E-state index in [1.807, 2.05) is 18.4 Å². The van der Waals surface area contributed by atoms with Crippen molar-refractivity contribution in [3.63, 3.8) is 0 Å². The smallest absolute Gasteiger partial charge is 0.265 e. The third-order valence-electron chi connectivity index (χ3n) is 3.05. The van der Waals surface area contributed by atoms with Crippen molar-refractivity contribution < 1.29 is 8.42 Å². The predicted octanol–water partition coefficient (Wildman–Crippen LogP) is 2.56. The van der Waals surface area contributed by atoms with Gasteiger partial charge in [0.05, 0.1) is 11.4 Å². The van der Waals surface area contributed by atoms with Crippen LogP contribution in [0.1, 0.15) is 11.4 Å². The molecule has 0 amide bonds. The standard InChI is InChI=1S/C13H17N3O2S2/c1-9-13(10(2)16(3)14-9)20(17,18)15-11-5-7-12(19-4)8-6-11/h5-8,15H,1-4H3. The first-order valence-corrected chi connectivity index (χ1v) is 8.73. The fraction of sp³-hybridized carbons (Fsp3) is 0.308. The van der Waals surface area contributed by atoms with Crippen LogP contribution in [0.2, 0.25) is 0 Å². The molecule has 0 aliphatic heterocycles. The Bertz CT molecular complexity index is 719. The van der Waals surface area contributed by atoms with Gasteiger partial charge in [-0.1, -0.05) is 0 Å². The number of hydrogen-bond acceptors (Lipinski definition) is 4. The number of aryl methyl sites for hydroxylation is 2. The van der Waals surface area contributed by atoms with E-state index < -0.39 is 10.0 Å². The van der Waals surface area contributed by atoms with Crippen LogP contribution in [0, 0.1) is 13.8 Å². The second-order valence-corrected chi connectivity index (χ2v) is 6.96. The van der Waals surface area contributed by atoms with Gasteiger partial charge in [0.1, 0.15) is 4.90 Å². The molecular weight excluding hydrogens is 294 g/mol. The summed E-state index contributed by atoms with van der Waals surface area (Å²) in [6.07, 6.45) is 1.97. The molecule has 0 bridgehead atoms. The highest BCUT2D eigenvalue weighted by atomic mass is 32.2. The maximum Gasteiger partial charge on any atom is 0.265 e. The molecule has 108 valence electrons. The second-order valence-electron chi connectivity index (χ2n) is 4.46. The molecule has 1 aromatic heterocycles. The quantitative estimate of drug-likeness (QED) is 0.881. The molecular formula is C13H17N3O2S2. The zero-order valence-electron chi connectivity index (χ0n) is 11.8. The molecule has 0 saturated heterocycles. The SMILES string of the molecule is CSc1ccc(NS(=O)(=O)c2c(C)nn(C)c2C)cc1. The predicted molar refractivity (Wildman–Crippen MR) is 81.7 cm³/mol. The van der Waals surface area contributed by atoms with Crippen LogP contribution >= 0.6 is 11.8 Å². The molecule has 0 radical (unpaired) electrons. The lowest BCUT2D eigenvalue weighted by Gasteiger charge is -2.09. The molecule has 1 heterocycles. The van der Waals surface area contributed by atoms with Gasteiger partial charge in [0, 0.05) is 17.6 Å². The van der Waals surface area contributed by atoms with Crippen molar-refractivity contribution in [3.8, 4) is 0 Å². The number of hydrogen-bond donors (Lipinski definition) is 1. The number of aromatic nitrogens is 2. The van der Waals surface area contributed by atoms with Crippen molar-refractivity contribution in [2.75, 3.05) is 11.0 Å². The van der Waals surface area contributed by atoms with E-state index in [1.165, 1.54) is 0 Å². The average Bonchev–Trinajstić information content (AvgIpc) is 2.64. The maximum atomic E-state index is 12.4. The van der Waals surface area contributed by atoms with Gasteiger partial charge in [0.2, 0.25) is 0 Å². The van der Waals surface area contributed by atoms with Crippen LogP contribution in [0.4, 0.5) is 5.69 Å². The summed E-state index contributed by atoms with van der Waals surface area (Å²) in [5, 5.41) is 4.14. The van der Waals surface area contributed by atoms with Gasteiger partial charge in [-0.05, 0) is 44.4 Å². The minimum absolute atomic E-state index is 0.244. The third-order valence-corrected chi connectivity index (χ3v) is 5.43. The lowest BCUT2D eigenvalue weighted by molar-refractivity contribution is 0.599. The van der Waals surface area contributed by atoms with E-state index in [0.29, 0.717) is 17.1 Å². The Morgan fingerprint density at radius 3 is 2.25 bits per heavy atom. The second kappa shape index (κ2) is 5.49. The van der Waals surface area contributed by atoms with E-state index in [-0.39, 0.29) is 4.90 Å². The fourth-order valence-electron chi connectivity index (χ4n) is 2.01. The number of nitrogens with zero attached hydrogens (tertiary/aromatic N) is 2. The Morgan fingerprint density at radius 2 is 1.80 bits per heavy atom. The summed E-state index contributed by atoms with van der Waals surface area (Å²) in [6.45, 7) is 3.43. The average molecular weight is 311 g/mol. The summed E-state index contributed by atoms with van der Waals surface area (Å²) in [5.74, 6) is 0. The number of benzene rings is 1. The van der Waals surface area contributed by atoms with Gasteiger partial charge >= 0.3 is 0 Å². The first kappa shape index (κ1) is 14.9. The Balaban J connectivity index is 2.35. The monoisotopic (exact) mass is 311 g/mol. The number of sulfonamides is 1. The van der Waals surface area contributed by atoms with Crippen LogP contribution in [-0.4, -0.2) is 24.5 Å². The van der Waals surface area contributed by atoms with Crippen LogP contribution in [0.25, 0.3) is 0 Å². The molecule has 2 aromatic rings. The summed E-state index contributed by atoms with van der Waals surface area (Å²) in [6, 6.07) is 7.27. The molecule has 7 heteroatoms. The van der Waals surface area contributed by atoms with Gasteiger partial charge in [-0.15, -0.1) is 11.8 Å². The zero-order chi connectivity index (χ0) is 14.9. The van der Waals surface area contributed by atoms with Crippen LogP contribution in [0.3, 0.4) is 0 Å². The number of thioether (sulfide) groups is 1. The molecule has 0 fully saturated rings. The number of nitrogens with one attached hydrogen (secondary N) is 1. The van der Waals surface area contributed by atoms with Gasteiger partial charge in [-0.25, -0.2) is 8.42 Å². The van der Waals surface area contributed by atoms with E-state index in [4.69, 9.17) is 0 Å². The van der Waals surface area contributed by atoms with Crippen molar-refractivity contribution in [1.82, 2.24) is 9.78 Å². The first-order chi connectivity index (χ1) is 9.35. The molecule has 0 aliphatic rings. The van der Waals surface area contributed by atoms with Gasteiger partial charge in [-0.2, -0.15) is 5.10 Å². The van der Waals surface area contributed by atoms with Crippen molar-refractivity contribution in [2.45, 2.75) is 23.6 Å². The Morgan fingerprint density at radius 1 is 1.20 bits per heavy atom. The third kappa shape index (κ3) is 2.83. The topological polar surface area (TPSA) is 64.0 Å². The summed E-state index contributed by atoms with van der Waals surface area (Å²) in [7, 11) is -1.88. The van der Waals surface area contributed by atoms with Gasteiger partial charge < -0.3 is 0 Å². The Labute approximate surface area is 123 Å². The minimum Gasteiger partial charge on any atom is -0.280 e. The summed E-state index contributed by atoms with van der Waals surface area (Å²) >= 11 is 1.61. The summed E-state index contributed by atoms with van der Waals surface area (Å²) < 4.78 is 29.0. The van der Waals surface area contributed by atoms with Crippen LogP contribution in [0.15, 0.2) is 34.1 Å². The maximum absolute atomic E-state index is 12.4. The van der Waals surface area contributed by atoms with E-state index in [0.717, 1.165) is 4.90 Å². The number of rotatable bonds is 4. The molecule has 2 rings (SSSR count). The highest BCUT2D eigenvalue weighted by molar-refractivity contribution is 7.98. The zero-order valence-corrected chi connectivity index (χ0v) is 13.5. The summed E-state index contributed by atoms with van der Waals surface area (Å²) in [4.78, 5) is 1.33. The van der Waals surface area contributed by atoms with E-state index >= 15 is 0 Å². The van der Waals surface area contributed by atoms with Gasteiger partial charge in [0.25, 0.3) is 10.0 Å². The van der Waals surface area contributed by atoms with Crippen LogP contribution in [-0.2, 0) is 17.1 Å².